The molecule has 3 fully saturated rings. The van der Waals surface area contributed by atoms with E-state index in [-0.39, 0.29) is 11.5 Å². The Bertz CT molecular complexity index is 430. The Morgan fingerprint density at radius 2 is 2.11 bits per heavy atom. The van der Waals surface area contributed by atoms with Crippen LogP contribution in [0.15, 0.2) is 0 Å². The first kappa shape index (κ1) is 13.8. The van der Waals surface area contributed by atoms with E-state index in [4.69, 9.17) is 9.47 Å². The Hall–Kier alpha value is -0.170. The Kier molecular flexibility index (Phi) is 3.62. The molecule has 2 saturated heterocycles. The van der Waals surface area contributed by atoms with Crippen molar-refractivity contribution in [3.05, 3.63) is 0 Å². The number of rotatable bonds is 4. The molecular weight excluding hydrogens is 266 g/mol. The van der Waals surface area contributed by atoms with Crippen molar-refractivity contribution >= 4 is 9.84 Å². The van der Waals surface area contributed by atoms with Gasteiger partial charge in [-0.05, 0) is 24.7 Å². The van der Waals surface area contributed by atoms with E-state index in [9.17, 15) is 8.42 Å². The topological polar surface area (TPSA) is 55.8 Å². The molecule has 0 aromatic carbocycles. The second-order valence-corrected chi connectivity index (χ2v) is 8.52. The van der Waals surface area contributed by atoms with E-state index in [1.54, 1.807) is 0 Å². The molecule has 0 aromatic rings. The SMILES string of the molecule is CS(=O)(=O)CC1(CN2CCO[C@@H]3COCC[C@@H]32)CC1. The van der Waals surface area contributed by atoms with Crippen molar-refractivity contribution in [1.82, 2.24) is 4.90 Å². The molecule has 0 radical (unpaired) electrons. The third-order valence-electron chi connectivity index (χ3n) is 4.51. The van der Waals surface area contributed by atoms with Gasteiger partial charge in [-0.25, -0.2) is 8.42 Å². The number of hydrogen-bond donors (Lipinski definition) is 0. The quantitative estimate of drug-likeness (QED) is 0.745. The maximum Gasteiger partial charge on any atom is 0.148 e. The van der Waals surface area contributed by atoms with Gasteiger partial charge in [0, 0.05) is 32.0 Å². The van der Waals surface area contributed by atoms with E-state index >= 15 is 0 Å². The minimum absolute atomic E-state index is 0.0216. The van der Waals surface area contributed by atoms with Crippen LogP contribution in [0.3, 0.4) is 0 Å². The first-order valence-electron chi connectivity index (χ1n) is 7.09. The average molecular weight is 289 g/mol. The highest BCUT2D eigenvalue weighted by Crippen LogP contribution is 2.48. The van der Waals surface area contributed by atoms with Crippen LogP contribution in [0.5, 0.6) is 0 Å². The highest BCUT2D eigenvalue weighted by atomic mass is 32.2. The Morgan fingerprint density at radius 1 is 1.32 bits per heavy atom. The highest BCUT2D eigenvalue weighted by molar-refractivity contribution is 7.90. The molecule has 6 heteroatoms. The molecule has 2 aliphatic heterocycles. The van der Waals surface area contributed by atoms with Crippen LogP contribution in [-0.4, -0.2) is 70.4 Å². The van der Waals surface area contributed by atoms with E-state index in [2.05, 4.69) is 4.90 Å². The fraction of sp³-hybridized carbons (Fsp3) is 1.00. The summed E-state index contributed by atoms with van der Waals surface area (Å²) in [5, 5.41) is 0. The maximum absolute atomic E-state index is 11.5. The fourth-order valence-electron chi connectivity index (χ4n) is 3.47. The monoisotopic (exact) mass is 289 g/mol. The molecule has 5 nitrogen and oxygen atoms in total. The minimum atomic E-state index is -2.88. The lowest BCUT2D eigenvalue weighted by atomic mass is 9.99. The smallest absolute Gasteiger partial charge is 0.148 e. The lowest BCUT2D eigenvalue weighted by Gasteiger charge is -2.44. The summed E-state index contributed by atoms with van der Waals surface area (Å²) in [6, 6.07) is 0.416. The third kappa shape index (κ3) is 3.29. The third-order valence-corrected chi connectivity index (χ3v) is 5.65. The average Bonchev–Trinajstić information content (AvgIpc) is 3.07. The van der Waals surface area contributed by atoms with Crippen molar-refractivity contribution in [2.75, 3.05) is 44.9 Å². The molecule has 0 aromatic heterocycles. The number of ether oxygens (including phenoxy) is 2. The van der Waals surface area contributed by atoms with Gasteiger partial charge in [-0.3, -0.25) is 4.90 Å². The largest absolute Gasteiger partial charge is 0.379 e. The van der Waals surface area contributed by atoms with Crippen LogP contribution in [0.2, 0.25) is 0 Å². The van der Waals surface area contributed by atoms with Gasteiger partial charge in [0.15, 0.2) is 0 Å². The number of fused-ring (bicyclic) bond motifs is 1. The Labute approximate surface area is 115 Å². The second-order valence-electron chi connectivity index (χ2n) is 6.38. The number of hydrogen-bond acceptors (Lipinski definition) is 5. The summed E-state index contributed by atoms with van der Waals surface area (Å²) < 4.78 is 34.3. The van der Waals surface area contributed by atoms with Crippen LogP contribution >= 0.6 is 0 Å². The molecule has 2 atom stereocenters. The molecule has 1 saturated carbocycles. The zero-order chi connectivity index (χ0) is 13.5. The van der Waals surface area contributed by atoms with E-state index in [0.29, 0.717) is 18.4 Å². The van der Waals surface area contributed by atoms with Gasteiger partial charge in [-0.2, -0.15) is 0 Å². The lowest BCUT2D eigenvalue weighted by Crippen LogP contribution is -2.57. The van der Waals surface area contributed by atoms with Crippen molar-refractivity contribution in [2.24, 2.45) is 5.41 Å². The molecule has 0 amide bonds. The van der Waals surface area contributed by atoms with E-state index in [0.717, 1.165) is 45.6 Å². The second kappa shape index (κ2) is 4.98. The van der Waals surface area contributed by atoms with E-state index < -0.39 is 9.84 Å². The van der Waals surface area contributed by atoms with Gasteiger partial charge in [0.1, 0.15) is 9.84 Å². The molecule has 1 aliphatic carbocycles. The number of morpholine rings is 1. The summed E-state index contributed by atoms with van der Waals surface area (Å²) in [7, 11) is -2.88. The van der Waals surface area contributed by atoms with Crippen molar-refractivity contribution in [2.45, 2.75) is 31.4 Å². The van der Waals surface area contributed by atoms with Crippen LogP contribution in [0.1, 0.15) is 19.3 Å². The van der Waals surface area contributed by atoms with Crippen molar-refractivity contribution in [1.29, 1.82) is 0 Å². The standard InChI is InChI=1S/C13H23NO4S/c1-19(15,16)10-13(3-4-13)9-14-5-7-18-12-8-17-6-2-11(12)14/h11-12H,2-10H2,1H3/t11-,12+/m0/s1. The van der Waals surface area contributed by atoms with Crippen molar-refractivity contribution in [3.8, 4) is 0 Å². The van der Waals surface area contributed by atoms with Crippen molar-refractivity contribution < 1.29 is 17.9 Å². The molecule has 0 unspecified atom stereocenters. The van der Waals surface area contributed by atoms with Gasteiger partial charge in [0.05, 0.1) is 25.1 Å². The van der Waals surface area contributed by atoms with Crippen LogP contribution in [0.25, 0.3) is 0 Å². The van der Waals surface area contributed by atoms with Gasteiger partial charge >= 0.3 is 0 Å². The van der Waals surface area contributed by atoms with E-state index in [1.165, 1.54) is 6.26 Å². The molecule has 3 rings (SSSR count). The van der Waals surface area contributed by atoms with Gasteiger partial charge in [-0.15, -0.1) is 0 Å². The summed E-state index contributed by atoms with van der Waals surface area (Å²) in [5.74, 6) is 0.339. The zero-order valence-electron chi connectivity index (χ0n) is 11.5. The maximum atomic E-state index is 11.5. The Morgan fingerprint density at radius 3 is 2.79 bits per heavy atom. The lowest BCUT2D eigenvalue weighted by molar-refractivity contribution is -0.138. The number of nitrogens with zero attached hydrogens (tertiary/aromatic N) is 1. The summed E-state index contributed by atoms with van der Waals surface area (Å²) in [6.07, 6.45) is 4.62. The predicted molar refractivity (Wildman–Crippen MR) is 71.9 cm³/mol. The fourth-order valence-corrected chi connectivity index (χ4v) is 4.97. The first-order chi connectivity index (χ1) is 8.98. The molecular formula is C13H23NO4S. The summed E-state index contributed by atoms with van der Waals surface area (Å²) >= 11 is 0. The summed E-state index contributed by atoms with van der Waals surface area (Å²) in [5.41, 5.74) is 0.0216. The zero-order valence-corrected chi connectivity index (χ0v) is 12.3. The van der Waals surface area contributed by atoms with Crippen LogP contribution in [0.4, 0.5) is 0 Å². The number of sulfone groups is 1. The van der Waals surface area contributed by atoms with Crippen LogP contribution < -0.4 is 0 Å². The van der Waals surface area contributed by atoms with Gasteiger partial charge in [0.25, 0.3) is 0 Å². The molecule has 2 heterocycles. The predicted octanol–water partition coefficient (Wildman–Crippen LogP) is 0.301. The molecule has 3 aliphatic rings. The highest BCUT2D eigenvalue weighted by Gasteiger charge is 2.48. The minimum Gasteiger partial charge on any atom is -0.379 e. The van der Waals surface area contributed by atoms with E-state index in [1.807, 2.05) is 0 Å². The van der Waals surface area contributed by atoms with Gasteiger partial charge < -0.3 is 9.47 Å². The Balaban J connectivity index is 1.65. The molecule has 0 spiro atoms. The van der Waals surface area contributed by atoms with Crippen LogP contribution in [-0.2, 0) is 19.3 Å². The van der Waals surface area contributed by atoms with Crippen LogP contribution in [0, 0.1) is 5.41 Å². The van der Waals surface area contributed by atoms with Gasteiger partial charge in [-0.1, -0.05) is 0 Å². The molecule has 19 heavy (non-hydrogen) atoms. The molecule has 0 N–H and O–H groups in total. The van der Waals surface area contributed by atoms with Crippen molar-refractivity contribution in [3.63, 3.8) is 0 Å². The summed E-state index contributed by atoms with van der Waals surface area (Å²) in [4.78, 5) is 2.45. The molecule has 0 bridgehead atoms. The molecule has 110 valence electrons. The van der Waals surface area contributed by atoms with Gasteiger partial charge in [0.2, 0.25) is 0 Å². The first-order valence-corrected chi connectivity index (χ1v) is 9.15. The normalized spacial score (nSPS) is 34.8. The summed E-state index contributed by atoms with van der Waals surface area (Å²) in [6.45, 7) is 4.04.